The minimum atomic E-state index is -1.75. The second-order valence-corrected chi connectivity index (χ2v) is 0.685. The molecule has 0 unspecified atom stereocenters. The van der Waals surface area contributed by atoms with Gasteiger partial charge in [-0.3, -0.25) is 0 Å². The minimum Gasteiger partial charge on any atom is -0.356 e. The quantitative estimate of drug-likeness (QED) is 0.433. The third-order valence-corrected chi connectivity index (χ3v) is 0. The molecule has 0 aromatic carbocycles. The van der Waals surface area contributed by atoms with Crippen LogP contribution in [-0.4, -0.2) is 20.5 Å². The molecular weight excluding hydrogens is 275 g/mol. The molecule has 0 spiro atoms. The summed E-state index contributed by atoms with van der Waals surface area (Å²) in [5.41, 5.74) is 0. The van der Waals surface area contributed by atoms with Crippen LogP contribution < -0.4 is 0 Å². The molecule has 0 aliphatic heterocycles. The van der Waals surface area contributed by atoms with E-state index in [2.05, 4.69) is 0 Å². The van der Waals surface area contributed by atoms with E-state index in [1.165, 1.54) is 0 Å². The van der Waals surface area contributed by atoms with Crippen molar-refractivity contribution < 1.29 is 53.2 Å². The topological polar surface area (TPSA) is 196 Å². The summed E-state index contributed by atoms with van der Waals surface area (Å²) in [6, 6.07) is 0. The molecule has 0 heterocycles. The van der Waals surface area contributed by atoms with Gasteiger partial charge in [0.25, 0.3) is 5.09 Å². The van der Waals surface area contributed by atoms with Crippen molar-refractivity contribution in [2.75, 3.05) is 0 Å². The Balaban J connectivity index is -0.0000000450. The number of nitrogens with zero attached hydrogens (tertiary/aromatic N) is 3. The summed E-state index contributed by atoms with van der Waals surface area (Å²) < 4.78 is 0. The van der Waals surface area contributed by atoms with Crippen molar-refractivity contribution in [1.29, 1.82) is 0 Å². The van der Waals surface area contributed by atoms with Gasteiger partial charge in [0.1, 0.15) is 0 Å². The fraction of sp³-hybridized carbons (Fsp3) is 0. The first-order chi connectivity index (χ1) is 5.20. The Morgan fingerprint density at radius 3 is 0.769 bits per heavy atom. The van der Waals surface area contributed by atoms with Gasteiger partial charge in [0.15, 0.2) is 0 Å². The van der Waals surface area contributed by atoms with Gasteiger partial charge in [0.05, 0.1) is 10.2 Å². The Hall–Kier alpha value is -1.30. The number of hydrogen-bond donors (Lipinski definition) is 1. The third-order valence-electron chi connectivity index (χ3n) is 0. The molecule has 12 nitrogen and oxygen atoms in total. The molecular formula is HN3O9Y-2. The van der Waals surface area contributed by atoms with E-state index < -0.39 is 15.3 Å². The molecule has 1 radical (unpaired) electrons. The van der Waals surface area contributed by atoms with Crippen LogP contribution >= 0.6 is 0 Å². The van der Waals surface area contributed by atoms with Crippen molar-refractivity contribution in [3.05, 3.63) is 40.8 Å². The summed E-state index contributed by atoms with van der Waals surface area (Å²) in [4.78, 5) is 24.9. The SMILES string of the molecule is O=[N+]([O-])O.O=[N+]([O-])[O-].O=[N+]([O-])[O-].[Y]. The summed E-state index contributed by atoms with van der Waals surface area (Å²) in [6.45, 7) is 0. The monoisotopic (exact) mass is 276 g/mol. The van der Waals surface area contributed by atoms with E-state index in [1.807, 2.05) is 0 Å². The molecule has 0 saturated heterocycles. The molecule has 0 aromatic rings. The fourth-order valence-corrected chi connectivity index (χ4v) is 0. The molecule has 0 rings (SSSR count). The zero-order valence-corrected chi connectivity index (χ0v) is 8.47. The van der Waals surface area contributed by atoms with E-state index >= 15 is 0 Å². The molecule has 0 amide bonds. The Kier molecular flexibility index (Phi) is 29.5. The Labute approximate surface area is 94.0 Å². The van der Waals surface area contributed by atoms with Gasteiger partial charge in [-0.1, -0.05) is 0 Å². The maximum absolute atomic E-state index is 8.36. The molecule has 13 heavy (non-hydrogen) atoms. The third kappa shape index (κ3) is 483. The van der Waals surface area contributed by atoms with Crippen molar-refractivity contribution in [3.8, 4) is 0 Å². The van der Waals surface area contributed by atoms with Gasteiger partial charge in [0.2, 0.25) is 0 Å². The van der Waals surface area contributed by atoms with Gasteiger partial charge in [-0.15, -0.1) is 10.1 Å². The van der Waals surface area contributed by atoms with E-state index in [0.717, 1.165) is 0 Å². The summed E-state index contributed by atoms with van der Waals surface area (Å²) in [7, 11) is 0. The van der Waals surface area contributed by atoms with Crippen LogP contribution in [0.3, 0.4) is 0 Å². The van der Waals surface area contributed by atoms with E-state index in [0.29, 0.717) is 0 Å². The standard InChI is InChI=1S/HNO3.2NO3.Y/c3*2-1(3)4;/h(H,2,3,4);;;/q;2*-1;. The van der Waals surface area contributed by atoms with Crippen molar-refractivity contribution in [1.82, 2.24) is 0 Å². The van der Waals surface area contributed by atoms with Gasteiger partial charge in [0, 0.05) is 32.7 Å². The second kappa shape index (κ2) is 17.0. The first kappa shape index (κ1) is 22.6. The van der Waals surface area contributed by atoms with Crippen molar-refractivity contribution in [2.45, 2.75) is 0 Å². The maximum Gasteiger partial charge on any atom is 0.291 e. The van der Waals surface area contributed by atoms with Crippen LogP contribution in [0, 0.1) is 40.8 Å². The van der Waals surface area contributed by atoms with Crippen LogP contribution in [0.2, 0.25) is 0 Å². The molecule has 0 aromatic heterocycles. The molecule has 0 fully saturated rings. The van der Waals surface area contributed by atoms with E-state index in [4.69, 9.17) is 46.0 Å². The Bertz CT molecular complexity index is 112. The molecule has 1 N–H and O–H groups in total. The normalized spacial score (nSPS) is 5.54. The van der Waals surface area contributed by atoms with Crippen LogP contribution in [0.1, 0.15) is 0 Å². The predicted octanol–water partition coefficient (Wildman–Crippen LogP) is -0.828. The first-order valence-corrected chi connectivity index (χ1v) is 1.66. The van der Waals surface area contributed by atoms with Gasteiger partial charge >= 0.3 is 0 Å². The fourth-order valence-electron chi connectivity index (χ4n) is 0. The van der Waals surface area contributed by atoms with Crippen LogP contribution in [0.15, 0.2) is 0 Å². The van der Waals surface area contributed by atoms with Crippen LogP contribution in [0.25, 0.3) is 0 Å². The zero-order chi connectivity index (χ0) is 10.7. The van der Waals surface area contributed by atoms with Crippen molar-refractivity contribution >= 4 is 0 Å². The molecule has 0 aliphatic carbocycles. The average molecular weight is 276 g/mol. The van der Waals surface area contributed by atoms with Gasteiger partial charge in [-0.05, 0) is 0 Å². The Morgan fingerprint density at radius 1 is 0.769 bits per heavy atom. The summed E-state index contributed by atoms with van der Waals surface area (Å²) in [5.74, 6) is 0. The largest absolute Gasteiger partial charge is 0.356 e. The van der Waals surface area contributed by atoms with E-state index in [-0.39, 0.29) is 32.7 Å². The Morgan fingerprint density at radius 2 is 0.769 bits per heavy atom. The summed E-state index contributed by atoms with van der Waals surface area (Å²) >= 11 is 0. The van der Waals surface area contributed by atoms with E-state index in [1.54, 1.807) is 0 Å². The molecule has 0 atom stereocenters. The molecule has 0 saturated carbocycles. The summed E-state index contributed by atoms with van der Waals surface area (Å²) in [5, 5.41) is 43.1. The maximum atomic E-state index is 8.36. The van der Waals surface area contributed by atoms with Crippen molar-refractivity contribution in [3.63, 3.8) is 0 Å². The predicted molar refractivity (Wildman–Crippen MR) is 29.5 cm³/mol. The molecule has 0 aliphatic rings. The average Bonchev–Trinajstić information content (AvgIpc) is 1.54. The second-order valence-electron chi connectivity index (χ2n) is 0.685. The van der Waals surface area contributed by atoms with Gasteiger partial charge in [-0.25, -0.2) is 0 Å². The smallest absolute Gasteiger partial charge is 0.291 e. The van der Waals surface area contributed by atoms with E-state index in [9.17, 15) is 0 Å². The number of rotatable bonds is 0. The zero-order valence-electron chi connectivity index (χ0n) is 5.63. The van der Waals surface area contributed by atoms with Crippen molar-refractivity contribution in [2.24, 2.45) is 0 Å². The van der Waals surface area contributed by atoms with Gasteiger partial charge < -0.3 is 35.9 Å². The molecule has 75 valence electrons. The number of hydrogen-bond acceptors (Lipinski definition) is 8. The summed E-state index contributed by atoms with van der Waals surface area (Å²) in [6.07, 6.45) is 0. The van der Waals surface area contributed by atoms with Crippen LogP contribution in [0.4, 0.5) is 0 Å². The van der Waals surface area contributed by atoms with Crippen LogP contribution in [-0.2, 0) is 32.7 Å². The van der Waals surface area contributed by atoms with Gasteiger partial charge in [-0.2, -0.15) is 0 Å². The minimum absolute atomic E-state index is 0. The van der Waals surface area contributed by atoms with Crippen LogP contribution in [0.5, 0.6) is 0 Å². The molecule has 13 heteroatoms. The first-order valence-electron chi connectivity index (χ1n) is 1.66. The molecule has 0 bridgehead atoms.